The minimum absolute atomic E-state index is 0.0101. The average Bonchev–Trinajstić information content (AvgIpc) is 2.86. The van der Waals surface area contributed by atoms with Gasteiger partial charge in [-0.3, -0.25) is 9.59 Å². The van der Waals surface area contributed by atoms with Crippen molar-refractivity contribution < 1.29 is 22.7 Å². The van der Waals surface area contributed by atoms with E-state index in [-0.39, 0.29) is 30.5 Å². The fourth-order valence-electron chi connectivity index (χ4n) is 2.59. The van der Waals surface area contributed by atoms with E-state index in [4.69, 9.17) is 27.9 Å². The van der Waals surface area contributed by atoms with Gasteiger partial charge < -0.3 is 10.1 Å². The Kier molecular flexibility index (Phi) is 7.10. The molecular formula is C16H19Cl2NO5S. The number of halogens is 2. The van der Waals surface area contributed by atoms with Crippen molar-refractivity contribution in [3.63, 3.8) is 0 Å². The molecule has 9 heteroatoms. The van der Waals surface area contributed by atoms with Crippen LogP contribution >= 0.6 is 23.2 Å². The molecule has 0 bridgehead atoms. The van der Waals surface area contributed by atoms with E-state index in [1.165, 1.54) is 0 Å². The molecule has 1 saturated heterocycles. The predicted molar refractivity (Wildman–Crippen MR) is 95.5 cm³/mol. The summed E-state index contributed by atoms with van der Waals surface area (Å²) in [5.74, 6) is -1.07. The highest BCUT2D eigenvalue weighted by Gasteiger charge is 2.29. The Balaban J connectivity index is 1.64. The zero-order valence-corrected chi connectivity index (χ0v) is 15.8. The molecule has 0 aliphatic carbocycles. The molecule has 1 aliphatic rings. The number of carbonyl (C=O) groups excluding carboxylic acids is 2. The van der Waals surface area contributed by atoms with E-state index in [2.05, 4.69) is 5.32 Å². The third kappa shape index (κ3) is 6.84. The summed E-state index contributed by atoms with van der Waals surface area (Å²) in [5, 5.41) is 3.70. The van der Waals surface area contributed by atoms with Gasteiger partial charge in [-0.1, -0.05) is 29.3 Å². The van der Waals surface area contributed by atoms with E-state index in [9.17, 15) is 18.0 Å². The zero-order valence-electron chi connectivity index (χ0n) is 13.5. The standard InChI is InChI=1S/C16H19Cl2NO5S/c17-13-2-1-12(14(18)8-13)3-5-19-15(20)9-24-16(21)7-11-4-6-25(22,23)10-11/h1-2,8,11H,3-7,9-10H2,(H,19,20)/t11-/m0/s1. The van der Waals surface area contributed by atoms with Crippen molar-refractivity contribution in [1.82, 2.24) is 5.32 Å². The van der Waals surface area contributed by atoms with Gasteiger partial charge in [-0.05, 0) is 36.5 Å². The molecule has 1 aliphatic heterocycles. The summed E-state index contributed by atoms with van der Waals surface area (Å²) in [7, 11) is -3.02. The number of hydrogen-bond donors (Lipinski definition) is 1. The van der Waals surface area contributed by atoms with E-state index in [1.807, 2.05) is 0 Å². The topological polar surface area (TPSA) is 89.5 Å². The van der Waals surface area contributed by atoms with Gasteiger partial charge in [0.15, 0.2) is 16.4 Å². The van der Waals surface area contributed by atoms with Crippen LogP contribution in [0.4, 0.5) is 0 Å². The highest BCUT2D eigenvalue weighted by atomic mass is 35.5. The van der Waals surface area contributed by atoms with Gasteiger partial charge in [0, 0.05) is 23.0 Å². The molecule has 1 amide bonds. The highest BCUT2D eigenvalue weighted by molar-refractivity contribution is 7.91. The first-order valence-corrected chi connectivity index (χ1v) is 10.4. The van der Waals surface area contributed by atoms with Gasteiger partial charge in [0.25, 0.3) is 5.91 Å². The first-order valence-electron chi connectivity index (χ1n) is 7.82. The summed E-state index contributed by atoms with van der Waals surface area (Å²) in [6, 6.07) is 5.13. The third-order valence-corrected chi connectivity index (χ3v) is 6.30. The molecule has 0 saturated carbocycles. The van der Waals surface area contributed by atoms with Gasteiger partial charge in [0.2, 0.25) is 0 Å². The summed E-state index contributed by atoms with van der Waals surface area (Å²) in [4.78, 5) is 23.3. The van der Waals surface area contributed by atoms with Crippen LogP contribution in [0.3, 0.4) is 0 Å². The van der Waals surface area contributed by atoms with Gasteiger partial charge >= 0.3 is 5.97 Å². The summed E-state index contributed by atoms with van der Waals surface area (Å²) in [6.07, 6.45) is 1.01. The van der Waals surface area contributed by atoms with Gasteiger partial charge in [-0.25, -0.2) is 8.42 Å². The molecule has 6 nitrogen and oxygen atoms in total. The quantitative estimate of drug-likeness (QED) is 0.698. The lowest BCUT2D eigenvalue weighted by Crippen LogP contribution is -2.30. The average molecular weight is 408 g/mol. The summed E-state index contributed by atoms with van der Waals surface area (Å²) in [6.45, 7) is -0.0365. The maximum Gasteiger partial charge on any atom is 0.306 e. The number of esters is 1. The van der Waals surface area contributed by atoms with E-state index in [0.717, 1.165) is 5.56 Å². The Labute approximate surface area is 156 Å². The smallest absolute Gasteiger partial charge is 0.306 e. The Morgan fingerprint density at radius 2 is 2.04 bits per heavy atom. The fraction of sp³-hybridized carbons (Fsp3) is 0.500. The van der Waals surface area contributed by atoms with Gasteiger partial charge in [0.1, 0.15) is 0 Å². The number of rotatable bonds is 7. The highest BCUT2D eigenvalue weighted by Crippen LogP contribution is 2.22. The first kappa shape index (κ1) is 20.0. The number of hydrogen-bond acceptors (Lipinski definition) is 5. The number of ether oxygens (including phenoxy) is 1. The molecule has 0 aromatic heterocycles. The molecule has 1 heterocycles. The van der Waals surface area contributed by atoms with Crippen molar-refractivity contribution in [3.8, 4) is 0 Å². The molecule has 1 N–H and O–H groups in total. The molecule has 138 valence electrons. The van der Waals surface area contributed by atoms with Crippen LogP contribution in [0.2, 0.25) is 10.0 Å². The lowest BCUT2D eigenvalue weighted by atomic mass is 10.1. The monoisotopic (exact) mass is 407 g/mol. The first-order chi connectivity index (χ1) is 11.7. The second kappa shape index (κ2) is 8.87. The van der Waals surface area contributed by atoms with Crippen molar-refractivity contribution in [3.05, 3.63) is 33.8 Å². The number of sulfone groups is 1. The molecule has 1 aromatic carbocycles. The number of carbonyl (C=O) groups is 2. The van der Waals surface area contributed by atoms with Crippen molar-refractivity contribution >= 4 is 44.9 Å². The van der Waals surface area contributed by atoms with Gasteiger partial charge in [-0.15, -0.1) is 0 Å². The molecular weight excluding hydrogens is 389 g/mol. The van der Waals surface area contributed by atoms with E-state index >= 15 is 0 Å². The Bertz CT molecular complexity index is 751. The Hall–Kier alpha value is -1.31. The van der Waals surface area contributed by atoms with Crippen LogP contribution in [0.1, 0.15) is 18.4 Å². The van der Waals surface area contributed by atoms with Crippen LogP contribution in [0.25, 0.3) is 0 Å². The fourth-order valence-corrected chi connectivity index (χ4v) is 4.95. The van der Waals surface area contributed by atoms with Crippen LogP contribution in [-0.4, -0.2) is 45.0 Å². The van der Waals surface area contributed by atoms with Crippen molar-refractivity contribution in [2.45, 2.75) is 19.3 Å². The van der Waals surface area contributed by atoms with Crippen molar-refractivity contribution in [2.75, 3.05) is 24.7 Å². The van der Waals surface area contributed by atoms with Crippen LogP contribution in [0.5, 0.6) is 0 Å². The lowest BCUT2D eigenvalue weighted by Gasteiger charge is -2.09. The number of benzene rings is 1. The molecule has 2 rings (SSSR count). The second-order valence-corrected chi connectivity index (χ2v) is 9.04. The molecule has 25 heavy (non-hydrogen) atoms. The van der Waals surface area contributed by atoms with Crippen molar-refractivity contribution in [1.29, 1.82) is 0 Å². The second-order valence-electron chi connectivity index (χ2n) is 5.97. The Morgan fingerprint density at radius 3 is 2.68 bits per heavy atom. The molecule has 1 atom stereocenters. The maximum absolute atomic E-state index is 11.7. The van der Waals surface area contributed by atoms with Gasteiger partial charge in [-0.2, -0.15) is 0 Å². The number of nitrogens with one attached hydrogen (secondary N) is 1. The molecule has 1 aromatic rings. The molecule has 0 radical (unpaired) electrons. The minimum atomic E-state index is -3.02. The predicted octanol–water partition coefficient (Wildman–Crippen LogP) is 2.02. The molecule has 0 unspecified atom stereocenters. The normalized spacial score (nSPS) is 18.7. The van der Waals surface area contributed by atoms with Crippen LogP contribution in [0.15, 0.2) is 18.2 Å². The number of amides is 1. The summed E-state index contributed by atoms with van der Waals surface area (Å²) < 4.78 is 27.6. The maximum atomic E-state index is 11.7. The van der Waals surface area contributed by atoms with E-state index in [1.54, 1.807) is 18.2 Å². The SMILES string of the molecule is O=C(COC(=O)C[C@@H]1CCS(=O)(=O)C1)NCCc1ccc(Cl)cc1Cl. The van der Waals surface area contributed by atoms with Crippen LogP contribution < -0.4 is 5.32 Å². The zero-order chi connectivity index (χ0) is 18.4. The third-order valence-electron chi connectivity index (χ3n) is 3.88. The molecule has 0 spiro atoms. The molecule has 1 fully saturated rings. The minimum Gasteiger partial charge on any atom is -0.456 e. The van der Waals surface area contributed by atoms with E-state index < -0.39 is 21.7 Å². The lowest BCUT2D eigenvalue weighted by molar-refractivity contribution is -0.149. The summed E-state index contributed by atoms with van der Waals surface area (Å²) >= 11 is 11.9. The van der Waals surface area contributed by atoms with Crippen molar-refractivity contribution in [2.24, 2.45) is 5.92 Å². The van der Waals surface area contributed by atoms with E-state index in [0.29, 0.717) is 29.4 Å². The largest absolute Gasteiger partial charge is 0.456 e. The van der Waals surface area contributed by atoms with Crippen LogP contribution in [0, 0.1) is 5.92 Å². The summed E-state index contributed by atoms with van der Waals surface area (Å²) in [5.41, 5.74) is 0.853. The van der Waals surface area contributed by atoms with Gasteiger partial charge in [0.05, 0.1) is 11.5 Å². The Morgan fingerprint density at radius 1 is 1.28 bits per heavy atom. The van der Waals surface area contributed by atoms with Crippen LogP contribution in [-0.2, 0) is 30.6 Å².